The van der Waals surface area contributed by atoms with Gasteiger partial charge in [0.25, 0.3) is 0 Å². The molecule has 1 heterocycles. The van der Waals surface area contributed by atoms with Gasteiger partial charge in [-0.15, -0.1) is 0 Å². The summed E-state index contributed by atoms with van der Waals surface area (Å²) < 4.78 is 11.4. The summed E-state index contributed by atoms with van der Waals surface area (Å²) in [6, 6.07) is 17.8. The van der Waals surface area contributed by atoms with Gasteiger partial charge in [0.1, 0.15) is 24.2 Å². The van der Waals surface area contributed by atoms with Gasteiger partial charge in [-0.05, 0) is 31.2 Å². The van der Waals surface area contributed by atoms with Crippen molar-refractivity contribution in [2.75, 3.05) is 50.8 Å². The van der Waals surface area contributed by atoms with E-state index in [0.717, 1.165) is 43.4 Å². The molecule has 0 amide bonds. The number of hydrogen-bond donors (Lipinski definition) is 1. The molecular weight excluding hydrogens is 328 g/mol. The number of rotatable bonds is 8. The molecule has 1 atom stereocenters. The highest BCUT2D eigenvalue weighted by molar-refractivity contribution is 5.58. The number of piperazine rings is 1. The lowest BCUT2D eigenvalue weighted by molar-refractivity contribution is 0.0663. The maximum Gasteiger partial charge on any atom is 0.142 e. The van der Waals surface area contributed by atoms with Crippen LogP contribution in [0.5, 0.6) is 11.5 Å². The van der Waals surface area contributed by atoms with Crippen LogP contribution in [0.1, 0.15) is 6.92 Å². The summed E-state index contributed by atoms with van der Waals surface area (Å²) in [7, 11) is 0. The number of anilines is 1. The Labute approximate surface area is 155 Å². The van der Waals surface area contributed by atoms with E-state index < -0.39 is 6.10 Å². The van der Waals surface area contributed by atoms with Crippen LogP contribution in [0.3, 0.4) is 0 Å². The Hall–Kier alpha value is -2.24. The van der Waals surface area contributed by atoms with Crippen LogP contribution < -0.4 is 14.4 Å². The van der Waals surface area contributed by atoms with E-state index in [4.69, 9.17) is 9.47 Å². The SMILES string of the molecule is CCOc1ccccc1N1CCN(CC(O)COc2ccccc2)CC1. The first-order valence-corrected chi connectivity index (χ1v) is 9.31. The average molecular weight is 356 g/mol. The van der Waals surface area contributed by atoms with Crippen molar-refractivity contribution in [3.63, 3.8) is 0 Å². The van der Waals surface area contributed by atoms with Crippen LogP contribution in [-0.2, 0) is 0 Å². The van der Waals surface area contributed by atoms with Crippen molar-refractivity contribution in [1.29, 1.82) is 0 Å². The van der Waals surface area contributed by atoms with Gasteiger partial charge in [-0.2, -0.15) is 0 Å². The highest BCUT2D eigenvalue weighted by Gasteiger charge is 2.21. The number of ether oxygens (including phenoxy) is 2. The number of β-amino-alcohol motifs (C(OH)–C–C–N with tert-alkyl or cyclic N) is 1. The third-order valence-electron chi connectivity index (χ3n) is 4.53. The quantitative estimate of drug-likeness (QED) is 0.788. The largest absolute Gasteiger partial charge is 0.492 e. The fourth-order valence-corrected chi connectivity index (χ4v) is 3.23. The average Bonchev–Trinajstić information content (AvgIpc) is 2.69. The van der Waals surface area contributed by atoms with E-state index in [1.807, 2.05) is 49.4 Å². The Bertz CT molecular complexity index is 657. The normalized spacial score (nSPS) is 16.3. The van der Waals surface area contributed by atoms with E-state index in [-0.39, 0.29) is 0 Å². The zero-order valence-electron chi connectivity index (χ0n) is 15.4. The smallest absolute Gasteiger partial charge is 0.142 e. The van der Waals surface area contributed by atoms with Crippen LogP contribution in [0.25, 0.3) is 0 Å². The second kappa shape index (κ2) is 9.46. The van der Waals surface area contributed by atoms with Crippen molar-refractivity contribution in [2.45, 2.75) is 13.0 Å². The van der Waals surface area contributed by atoms with Gasteiger partial charge in [-0.3, -0.25) is 4.90 Å². The zero-order valence-corrected chi connectivity index (χ0v) is 15.4. The van der Waals surface area contributed by atoms with Gasteiger partial charge in [-0.1, -0.05) is 30.3 Å². The Morgan fingerprint density at radius 1 is 0.923 bits per heavy atom. The molecule has 0 radical (unpaired) electrons. The summed E-state index contributed by atoms with van der Waals surface area (Å²) in [6.07, 6.45) is -0.488. The lowest BCUT2D eigenvalue weighted by Crippen LogP contribution is -2.49. The molecule has 0 aromatic heterocycles. The maximum absolute atomic E-state index is 10.3. The monoisotopic (exact) mass is 356 g/mol. The second-order valence-electron chi connectivity index (χ2n) is 6.47. The van der Waals surface area contributed by atoms with E-state index in [2.05, 4.69) is 21.9 Å². The number of benzene rings is 2. The van der Waals surface area contributed by atoms with Gasteiger partial charge in [0.2, 0.25) is 0 Å². The molecule has 1 aliphatic rings. The minimum atomic E-state index is -0.488. The highest BCUT2D eigenvalue weighted by Crippen LogP contribution is 2.28. The van der Waals surface area contributed by atoms with Crippen molar-refractivity contribution in [2.24, 2.45) is 0 Å². The molecular formula is C21H28N2O3. The summed E-state index contributed by atoms with van der Waals surface area (Å²) in [5, 5.41) is 10.3. The van der Waals surface area contributed by atoms with Crippen LogP contribution in [0.2, 0.25) is 0 Å². The minimum absolute atomic E-state index is 0.317. The molecule has 26 heavy (non-hydrogen) atoms. The van der Waals surface area contributed by atoms with Crippen LogP contribution in [-0.4, -0.2) is 62.0 Å². The number of aliphatic hydroxyl groups excluding tert-OH is 1. The Kier molecular flexibility index (Phi) is 6.75. The highest BCUT2D eigenvalue weighted by atomic mass is 16.5. The van der Waals surface area contributed by atoms with Crippen molar-refractivity contribution in [1.82, 2.24) is 4.90 Å². The molecule has 2 aromatic carbocycles. The Morgan fingerprint density at radius 3 is 2.35 bits per heavy atom. The summed E-state index contributed by atoms with van der Waals surface area (Å²) in [4.78, 5) is 4.65. The van der Waals surface area contributed by atoms with E-state index in [9.17, 15) is 5.11 Å². The van der Waals surface area contributed by atoms with Gasteiger partial charge in [-0.25, -0.2) is 0 Å². The van der Waals surface area contributed by atoms with Crippen molar-refractivity contribution in [3.8, 4) is 11.5 Å². The van der Waals surface area contributed by atoms with Gasteiger partial charge in [0.15, 0.2) is 0 Å². The number of hydrogen-bond acceptors (Lipinski definition) is 5. The van der Waals surface area contributed by atoms with E-state index >= 15 is 0 Å². The lowest BCUT2D eigenvalue weighted by atomic mass is 10.2. The molecule has 140 valence electrons. The summed E-state index contributed by atoms with van der Waals surface area (Å²) >= 11 is 0. The maximum atomic E-state index is 10.3. The Balaban J connectivity index is 1.45. The third-order valence-corrected chi connectivity index (χ3v) is 4.53. The first-order valence-electron chi connectivity index (χ1n) is 9.31. The molecule has 0 spiro atoms. The predicted molar refractivity (Wildman–Crippen MR) is 104 cm³/mol. The van der Waals surface area contributed by atoms with Crippen LogP contribution >= 0.6 is 0 Å². The molecule has 5 nitrogen and oxygen atoms in total. The van der Waals surface area contributed by atoms with Gasteiger partial charge >= 0.3 is 0 Å². The fourth-order valence-electron chi connectivity index (χ4n) is 3.23. The molecule has 0 aliphatic carbocycles. The van der Waals surface area contributed by atoms with E-state index in [1.54, 1.807) is 0 Å². The fraction of sp³-hybridized carbons (Fsp3) is 0.429. The van der Waals surface area contributed by atoms with E-state index in [1.165, 1.54) is 0 Å². The summed E-state index contributed by atoms with van der Waals surface area (Å²) in [5.41, 5.74) is 1.15. The number of nitrogens with zero attached hydrogens (tertiary/aromatic N) is 2. The van der Waals surface area contributed by atoms with Crippen LogP contribution in [0.4, 0.5) is 5.69 Å². The molecule has 1 unspecified atom stereocenters. The van der Waals surface area contributed by atoms with Crippen molar-refractivity contribution >= 4 is 5.69 Å². The van der Waals surface area contributed by atoms with Crippen molar-refractivity contribution in [3.05, 3.63) is 54.6 Å². The molecule has 1 aliphatic heterocycles. The van der Waals surface area contributed by atoms with E-state index in [0.29, 0.717) is 19.8 Å². The lowest BCUT2D eigenvalue weighted by Gasteiger charge is -2.37. The number of para-hydroxylation sites is 3. The summed E-state index contributed by atoms with van der Waals surface area (Å²) in [6.45, 7) is 7.32. The molecule has 3 rings (SSSR count). The first kappa shape index (κ1) is 18.5. The van der Waals surface area contributed by atoms with Gasteiger partial charge in [0.05, 0.1) is 12.3 Å². The molecule has 1 saturated heterocycles. The zero-order chi connectivity index (χ0) is 18.2. The summed E-state index contributed by atoms with van der Waals surface area (Å²) in [5.74, 6) is 1.74. The molecule has 5 heteroatoms. The third kappa shape index (κ3) is 5.13. The van der Waals surface area contributed by atoms with Crippen LogP contribution in [0.15, 0.2) is 54.6 Å². The molecule has 0 saturated carbocycles. The predicted octanol–water partition coefficient (Wildman–Crippen LogP) is 2.65. The van der Waals surface area contributed by atoms with Crippen molar-refractivity contribution < 1.29 is 14.6 Å². The topological polar surface area (TPSA) is 45.2 Å². The molecule has 2 aromatic rings. The molecule has 1 fully saturated rings. The second-order valence-corrected chi connectivity index (χ2v) is 6.47. The van der Waals surface area contributed by atoms with Crippen LogP contribution in [0, 0.1) is 0 Å². The molecule has 0 bridgehead atoms. The standard InChI is InChI=1S/C21H28N2O3/c1-2-25-21-11-7-6-10-20(21)23-14-12-22(13-15-23)16-18(24)17-26-19-8-4-3-5-9-19/h3-11,18,24H,2,12-17H2,1H3. The molecule has 1 N–H and O–H groups in total. The minimum Gasteiger partial charge on any atom is -0.492 e. The number of aliphatic hydroxyl groups is 1. The first-order chi connectivity index (χ1) is 12.8. The van der Waals surface area contributed by atoms with Gasteiger partial charge < -0.3 is 19.5 Å². The van der Waals surface area contributed by atoms with Gasteiger partial charge in [0, 0.05) is 32.7 Å². The Morgan fingerprint density at radius 2 is 1.62 bits per heavy atom.